The molecule has 1 N–H and O–H groups in total. The van der Waals surface area contributed by atoms with Crippen LogP contribution in [0.25, 0.3) is 11.5 Å². The molecule has 24 heavy (non-hydrogen) atoms. The van der Waals surface area contributed by atoms with E-state index >= 15 is 0 Å². The molecule has 8 heteroatoms. The lowest BCUT2D eigenvalue weighted by atomic mass is 9.98. The summed E-state index contributed by atoms with van der Waals surface area (Å²) in [5, 5.41) is 11.9. The van der Waals surface area contributed by atoms with Gasteiger partial charge in [0.05, 0.1) is 31.0 Å². The van der Waals surface area contributed by atoms with Gasteiger partial charge in [0.25, 0.3) is 5.89 Å². The quantitative estimate of drug-likeness (QED) is 0.888. The Morgan fingerprint density at radius 3 is 3.17 bits per heavy atom. The van der Waals surface area contributed by atoms with Gasteiger partial charge in [-0.25, -0.2) is 0 Å². The van der Waals surface area contributed by atoms with Crippen LogP contribution in [0.2, 0.25) is 0 Å². The van der Waals surface area contributed by atoms with Gasteiger partial charge in [-0.15, -0.1) is 0 Å². The third kappa shape index (κ3) is 3.35. The van der Waals surface area contributed by atoms with Crippen LogP contribution in [-0.2, 0) is 11.8 Å². The number of aryl methyl sites for hydroxylation is 1. The van der Waals surface area contributed by atoms with E-state index in [1.165, 1.54) is 12.8 Å². The largest absolute Gasteiger partial charge is 0.378 e. The molecule has 2 aromatic heterocycles. The highest BCUT2D eigenvalue weighted by atomic mass is 16.5. The van der Waals surface area contributed by atoms with Crippen molar-refractivity contribution >= 4 is 0 Å². The van der Waals surface area contributed by atoms with E-state index in [4.69, 9.17) is 9.26 Å². The fourth-order valence-corrected chi connectivity index (χ4v) is 3.52. The van der Waals surface area contributed by atoms with E-state index in [1.807, 2.05) is 13.2 Å². The Balaban J connectivity index is 1.49. The molecular formula is C16H24N6O2. The average molecular weight is 332 g/mol. The lowest BCUT2D eigenvalue weighted by molar-refractivity contribution is -0.0206. The fourth-order valence-electron chi connectivity index (χ4n) is 3.52. The first kappa shape index (κ1) is 15.7. The van der Waals surface area contributed by atoms with E-state index < -0.39 is 0 Å². The van der Waals surface area contributed by atoms with Gasteiger partial charge in [0, 0.05) is 26.3 Å². The first-order valence-electron chi connectivity index (χ1n) is 8.65. The number of morpholine rings is 1. The summed E-state index contributed by atoms with van der Waals surface area (Å²) in [4.78, 5) is 7.04. The topological polar surface area (TPSA) is 81.2 Å². The Kier molecular flexibility index (Phi) is 4.59. The van der Waals surface area contributed by atoms with Crippen molar-refractivity contribution in [2.75, 3.05) is 39.4 Å². The van der Waals surface area contributed by atoms with Gasteiger partial charge in [0.2, 0.25) is 0 Å². The van der Waals surface area contributed by atoms with Gasteiger partial charge in [-0.05, 0) is 31.8 Å². The van der Waals surface area contributed by atoms with Gasteiger partial charge in [0.15, 0.2) is 5.82 Å². The molecule has 130 valence electrons. The molecule has 2 atom stereocenters. The molecule has 2 aliphatic heterocycles. The molecule has 2 unspecified atom stereocenters. The summed E-state index contributed by atoms with van der Waals surface area (Å²) >= 11 is 0. The molecule has 0 radical (unpaired) electrons. The lowest BCUT2D eigenvalue weighted by Crippen LogP contribution is -2.45. The minimum atomic E-state index is 0.0647. The summed E-state index contributed by atoms with van der Waals surface area (Å²) < 4.78 is 12.9. The van der Waals surface area contributed by atoms with Crippen LogP contribution in [0.4, 0.5) is 0 Å². The van der Waals surface area contributed by atoms with E-state index in [2.05, 4.69) is 25.5 Å². The Labute approximate surface area is 141 Å². The van der Waals surface area contributed by atoms with Crippen LogP contribution in [0, 0.1) is 5.92 Å². The minimum Gasteiger partial charge on any atom is -0.378 e. The van der Waals surface area contributed by atoms with Crippen molar-refractivity contribution < 1.29 is 9.26 Å². The second kappa shape index (κ2) is 7.00. The van der Waals surface area contributed by atoms with E-state index in [-0.39, 0.29) is 6.04 Å². The SMILES string of the molecule is Cn1cc(-c2nc(C3COCCN3CC3CCCNC3)no2)cn1. The third-order valence-electron chi connectivity index (χ3n) is 4.82. The monoisotopic (exact) mass is 332 g/mol. The highest BCUT2D eigenvalue weighted by Gasteiger charge is 2.31. The van der Waals surface area contributed by atoms with Crippen LogP contribution in [0.15, 0.2) is 16.9 Å². The first-order chi connectivity index (χ1) is 11.8. The summed E-state index contributed by atoms with van der Waals surface area (Å²) in [5.74, 6) is 1.91. The maximum Gasteiger partial charge on any atom is 0.261 e. The number of nitrogens with one attached hydrogen (secondary N) is 1. The third-order valence-corrected chi connectivity index (χ3v) is 4.82. The number of rotatable bonds is 4. The van der Waals surface area contributed by atoms with Crippen LogP contribution in [-0.4, -0.2) is 64.2 Å². The molecule has 0 amide bonds. The van der Waals surface area contributed by atoms with E-state index in [0.717, 1.165) is 38.3 Å². The second-order valence-electron chi connectivity index (χ2n) is 6.66. The molecule has 0 bridgehead atoms. The van der Waals surface area contributed by atoms with Crippen LogP contribution >= 0.6 is 0 Å². The number of ether oxygens (including phenoxy) is 1. The van der Waals surface area contributed by atoms with Crippen molar-refractivity contribution in [2.24, 2.45) is 13.0 Å². The van der Waals surface area contributed by atoms with Crippen molar-refractivity contribution in [3.8, 4) is 11.5 Å². The molecule has 2 fully saturated rings. The number of piperidine rings is 1. The van der Waals surface area contributed by atoms with Gasteiger partial charge < -0.3 is 14.6 Å². The predicted molar refractivity (Wildman–Crippen MR) is 87.2 cm³/mol. The molecule has 4 rings (SSSR count). The van der Waals surface area contributed by atoms with Crippen LogP contribution in [0.1, 0.15) is 24.7 Å². The van der Waals surface area contributed by atoms with Crippen molar-refractivity contribution in [1.82, 2.24) is 30.1 Å². The summed E-state index contributed by atoms with van der Waals surface area (Å²) in [6.45, 7) is 5.59. The zero-order chi connectivity index (χ0) is 16.4. The number of hydrogen-bond donors (Lipinski definition) is 1. The Bertz CT molecular complexity index is 663. The standard InChI is InChI=1S/C16H24N6O2/c1-21-10-13(8-18-21)16-19-15(20-24-16)14-11-23-6-5-22(14)9-12-3-2-4-17-7-12/h8,10,12,14,17H,2-7,9,11H2,1H3. The molecule has 2 saturated heterocycles. The number of nitrogens with zero attached hydrogens (tertiary/aromatic N) is 5. The van der Waals surface area contributed by atoms with Gasteiger partial charge in [0.1, 0.15) is 0 Å². The van der Waals surface area contributed by atoms with Crippen molar-refractivity contribution in [3.05, 3.63) is 18.2 Å². The predicted octanol–water partition coefficient (Wildman–Crippen LogP) is 0.843. The highest BCUT2D eigenvalue weighted by molar-refractivity contribution is 5.49. The number of hydrogen-bond acceptors (Lipinski definition) is 7. The molecule has 4 heterocycles. The van der Waals surface area contributed by atoms with Crippen molar-refractivity contribution in [3.63, 3.8) is 0 Å². The van der Waals surface area contributed by atoms with Gasteiger partial charge in [-0.3, -0.25) is 9.58 Å². The lowest BCUT2D eigenvalue weighted by Gasteiger charge is -2.37. The Morgan fingerprint density at radius 1 is 1.42 bits per heavy atom. The van der Waals surface area contributed by atoms with Gasteiger partial charge in [-0.2, -0.15) is 10.1 Å². The summed E-state index contributed by atoms with van der Waals surface area (Å²) in [6.07, 6.45) is 6.15. The molecule has 0 aliphatic carbocycles. The molecule has 8 nitrogen and oxygen atoms in total. The summed E-state index contributed by atoms with van der Waals surface area (Å²) in [5.41, 5.74) is 0.844. The average Bonchev–Trinajstić information content (AvgIpc) is 3.25. The van der Waals surface area contributed by atoms with Crippen molar-refractivity contribution in [2.45, 2.75) is 18.9 Å². The Morgan fingerprint density at radius 2 is 2.38 bits per heavy atom. The fraction of sp³-hybridized carbons (Fsp3) is 0.688. The highest BCUT2D eigenvalue weighted by Crippen LogP contribution is 2.26. The second-order valence-corrected chi connectivity index (χ2v) is 6.66. The molecule has 0 saturated carbocycles. The molecule has 0 aromatic carbocycles. The summed E-state index contributed by atoms with van der Waals surface area (Å²) in [7, 11) is 1.87. The van der Waals surface area contributed by atoms with Crippen LogP contribution in [0.3, 0.4) is 0 Å². The van der Waals surface area contributed by atoms with Crippen molar-refractivity contribution in [1.29, 1.82) is 0 Å². The van der Waals surface area contributed by atoms with Gasteiger partial charge in [-0.1, -0.05) is 5.16 Å². The van der Waals surface area contributed by atoms with Gasteiger partial charge >= 0.3 is 0 Å². The van der Waals surface area contributed by atoms with E-state index in [1.54, 1.807) is 10.9 Å². The zero-order valence-corrected chi connectivity index (χ0v) is 14.0. The van der Waals surface area contributed by atoms with Crippen LogP contribution < -0.4 is 5.32 Å². The van der Waals surface area contributed by atoms with Crippen LogP contribution in [0.5, 0.6) is 0 Å². The summed E-state index contributed by atoms with van der Waals surface area (Å²) in [6, 6.07) is 0.0647. The molecule has 2 aliphatic rings. The van der Waals surface area contributed by atoms with E-state index in [9.17, 15) is 0 Å². The maximum atomic E-state index is 5.68. The Hall–Kier alpha value is -1.77. The maximum absolute atomic E-state index is 5.68. The minimum absolute atomic E-state index is 0.0647. The molecule has 0 spiro atoms. The molecular weight excluding hydrogens is 308 g/mol. The first-order valence-corrected chi connectivity index (χ1v) is 8.65. The zero-order valence-electron chi connectivity index (χ0n) is 14.0. The molecule has 2 aromatic rings. The number of aromatic nitrogens is 4. The smallest absolute Gasteiger partial charge is 0.261 e. The van der Waals surface area contributed by atoms with E-state index in [0.29, 0.717) is 24.2 Å². The normalized spacial score (nSPS) is 25.9.